The molecule has 0 saturated heterocycles. The third-order valence-corrected chi connectivity index (χ3v) is 5.00. The van der Waals surface area contributed by atoms with Gasteiger partial charge < -0.3 is 10.8 Å². The number of benzene rings is 1. The third kappa shape index (κ3) is 4.77. The molecule has 20 heavy (non-hydrogen) atoms. The number of aliphatic hydroxyl groups excluding tert-OH is 1. The summed E-state index contributed by atoms with van der Waals surface area (Å²) in [5.74, 6) is 0. The van der Waals surface area contributed by atoms with Crippen LogP contribution in [0.3, 0.4) is 0 Å². The van der Waals surface area contributed by atoms with E-state index in [-0.39, 0.29) is 18.0 Å². The van der Waals surface area contributed by atoms with Crippen LogP contribution in [0.1, 0.15) is 32.6 Å². The van der Waals surface area contributed by atoms with E-state index in [1.807, 2.05) is 0 Å². The van der Waals surface area contributed by atoms with E-state index in [1.54, 1.807) is 12.1 Å². The summed E-state index contributed by atoms with van der Waals surface area (Å²) in [4.78, 5) is 0.182. The highest BCUT2D eigenvalue weighted by atomic mass is 32.2. The summed E-state index contributed by atoms with van der Waals surface area (Å²) < 4.78 is 26.3. The highest BCUT2D eigenvalue weighted by Gasteiger charge is 2.23. The Bertz CT molecular complexity index is 503. The van der Waals surface area contributed by atoms with Crippen molar-refractivity contribution >= 4 is 15.7 Å². The molecule has 5 nitrogen and oxygen atoms in total. The largest absolute Gasteiger partial charge is 0.399 e. The lowest BCUT2D eigenvalue weighted by Crippen LogP contribution is -2.34. The fourth-order valence-corrected chi connectivity index (χ4v) is 3.53. The van der Waals surface area contributed by atoms with Crippen LogP contribution in [0.2, 0.25) is 0 Å². The van der Waals surface area contributed by atoms with Gasteiger partial charge in [-0.15, -0.1) is 0 Å². The monoisotopic (exact) mass is 300 g/mol. The number of hydrogen-bond donors (Lipinski definition) is 2. The van der Waals surface area contributed by atoms with Crippen LogP contribution in [0.25, 0.3) is 0 Å². The molecule has 0 aromatic heterocycles. The topological polar surface area (TPSA) is 83.6 Å². The average molecular weight is 300 g/mol. The minimum Gasteiger partial charge on any atom is -0.399 e. The molecule has 0 fully saturated rings. The molecule has 0 unspecified atom stereocenters. The zero-order chi connectivity index (χ0) is 15.0. The maximum Gasteiger partial charge on any atom is 0.243 e. The van der Waals surface area contributed by atoms with Gasteiger partial charge in [-0.3, -0.25) is 0 Å². The van der Waals surface area contributed by atoms with Crippen molar-refractivity contribution in [3.05, 3.63) is 24.3 Å². The summed E-state index contributed by atoms with van der Waals surface area (Å²) in [7, 11) is -3.58. The van der Waals surface area contributed by atoms with E-state index in [2.05, 4.69) is 6.92 Å². The number of hydrogen-bond acceptors (Lipinski definition) is 4. The molecule has 6 heteroatoms. The van der Waals surface area contributed by atoms with Crippen molar-refractivity contribution < 1.29 is 13.5 Å². The maximum atomic E-state index is 12.5. The number of sulfonamides is 1. The summed E-state index contributed by atoms with van der Waals surface area (Å²) in [5, 5.41) is 9.07. The van der Waals surface area contributed by atoms with Gasteiger partial charge in [0.25, 0.3) is 0 Å². The Balaban J connectivity index is 2.83. The van der Waals surface area contributed by atoms with Gasteiger partial charge >= 0.3 is 0 Å². The number of unbranched alkanes of at least 4 members (excludes halogenated alkanes) is 3. The minimum absolute atomic E-state index is 0.114. The second-order valence-electron chi connectivity index (χ2n) is 4.76. The molecule has 0 saturated carbocycles. The zero-order valence-corrected chi connectivity index (χ0v) is 12.8. The van der Waals surface area contributed by atoms with Crippen LogP contribution in [0.4, 0.5) is 5.69 Å². The van der Waals surface area contributed by atoms with Crippen molar-refractivity contribution in [3.63, 3.8) is 0 Å². The van der Waals surface area contributed by atoms with Crippen molar-refractivity contribution in [1.82, 2.24) is 4.31 Å². The highest BCUT2D eigenvalue weighted by molar-refractivity contribution is 7.89. The highest BCUT2D eigenvalue weighted by Crippen LogP contribution is 2.18. The summed E-state index contributed by atoms with van der Waals surface area (Å²) >= 11 is 0. The molecule has 1 aromatic carbocycles. The van der Waals surface area contributed by atoms with Gasteiger partial charge in [0, 0.05) is 18.8 Å². The van der Waals surface area contributed by atoms with Gasteiger partial charge in [0.2, 0.25) is 10.0 Å². The van der Waals surface area contributed by atoms with Crippen molar-refractivity contribution in [2.24, 2.45) is 0 Å². The molecule has 114 valence electrons. The van der Waals surface area contributed by atoms with Gasteiger partial charge in [-0.05, 0) is 24.6 Å². The van der Waals surface area contributed by atoms with E-state index in [1.165, 1.54) is 16.4 Å². The average Bonchev–Trinajstić information content (AvgIpc) is 2.42. The first kappa shape index (κ1) is 16.9. The number of nitrogens with zero attached hydrogens (tertiary/aromatic N) is 1. The first-order chi connectivity index (χ1) is 9.52. The number of aliphatic hydroxyl groups is 1. The quantitative estimate of drug-likeness (QED) is 0.538. The van der Waals surface area contributed by atoms with Crippen LogP contribution >= 0.6 is 0 Å². The molecule has 0 atom stereocenters. The normalized spacial score (nSPS) is 11.9. The Morgan fingerprint density at radius 2 is 1.95 bits per heavy atom. The number of nitrogens with two attached hydrogens (primary N) is 1. The Labute approximate surface area is 121 Å². The fraction of sp³-hybridized carbons (Fsp3) is 0.571. The van der Waals surface area contributed by atoms with E-state index in [0.717, 1.165) is 25.7 Å². The molecular weight excluding hydrogens is 276 g/mol. The summed E-state index contributed by atoms with van der Waals surface area (Å²) in [6.45, 7) is 2.46. The van der Waals surface area contributed by atoms with Crippen molar-refractivity contribution in [2.45, 2.75) is 37.5 Å². The molecule has 0 heterocycles. The second-order valence-corrected chi connectivity index (χ2v) is 6.70. The smallest absolute Gasteiger partial charge is 0.243 e. The summed E-state index contributed by atoms with van der Waals surface area (Å²) in [6.07, 6.45) is 3.98. The molecule has 1 aromatic rings. The molecule has 0 aliphatic carbocycles. The molecule has 0 spiro atoms. The van der Waals surface area contributed by atoms with Crippen molar-refractivity contribution in [2.75, 3.05) is 25.4 Å². The standard InChI is InChI=1S/C14H24N2O3S/c1-2-3-4-5-9-16(10-11-17)20(18,19)14-8-6-7-13(15)12-14/h6-8,12,17H,2-5,9-11,15H2,1H3. The van der Waals surface area contributed by atoms with Gasteiger partial charge in [-0.1, -0.05) is 32.3 Å². The van der Waals surface area contributed by atoms with Crippen LogP contribution in [0.5, 0.6) is 0 Å². The van der Waals surface area contributed by atoms with Crippen LogP contribution in [-0.2, 0) is 10.0 Å². The van der Waals surface area contributed by atoms with Crippen LogP contribution in [0, 0.1) is 0 Å². The molecule has 0 bridgehead atoms. The molecule has 0 radical (unpaired) electrons. The first-order valence-electron chi connectivity index (χ1n) is 6.99. The van der Waals surface area contributed by atoms with E-state index in [4.69, 9.17) is 10.8 Å². The van der Waals surface area contributed by atoms with Crippen LogP contribution < -0.4 is 5.73 Å². The molecule has 0 aliphatic rings. The van der Waals surface area contributed by atoms with Gasteiger partial charge in [0.15, 0.2) is 0 Å². The molecule has 3 N–H and O–H groups in total. The lowest BCUT2D eigenvalue weighted by molar-refractivity contribution is 0.251. The van der Waals surface area contributed by atoms with E-state index in [9.17, 15) is 8.42 Å². The predicted molar refractivity (Wildman–Crippen MR) is 80.8 cm³/mol. The number of anilines is 1. The van der Waals surface area contributed by atoms with Gasteiger partial charge in [-0.25, -0.2) is 8.42 Å². The fourth-order valence-electron chi connectivity index (χ4n) is 2.00. The van der Waals surface area contributed by atoms with Crippen LogP contribution in [0.15, 0.2) is 29.2 Å². The zero-order valence-electron chi connectivity index (χ0n) is 12.0. The molecule has 0 aliphatic heterocycles. The Morgan fingerprint density at radius 3 is 2.55 bits per heavy atom. The SMILES string of the molecule is CCCCCCN(CCO)S(=O)(=O)c1cccc(N)c1. The lowest BCUT2D eigenvalue weighted by Gasteiger charge is -2.21. The molecule has 0 amide bonds. The molecular formula is C14H24N2O3S. The van der Waals surface area contributed by atoms with E-state index < -0.39 is 10.0 Å². The first-order valence-corrected chi connectivity index (χ1v) is 8.43. The summed E-state index contributed by atoms with van der Waals surface area (Å²) in [5.41, 5.74) is 6.05. The predicted octanol–water partition coefficient (Wildman–Crippen LogP) is 1.83. The van der Waals surface area contributed by atoms with Crippen molar-refractivity contribution in [1.29, 1.82) is 0 Å². The molecule has 1 rings (SSSR count). The third-order valence-electron chi connectivity index (χ3n) is 3.11. The number of nitrogen functional groups attached to an aromatic ring is 1. The Kier molecular flexibility index (Phi) is 6.98. The lowest BCUT2D eigenvalue weighted by atomic mass is 10.2. The van der Waals surface area contributed by atoms with Crippen LogP contribution in [-0.4, -0.2) is 37.5 Å². The van der Waals surface area contributed by atoms with Gasteiger partial charge in [0.05, 0.1) is 11.5 Å². The Hall–Kier alpha value is -1.11. The van der Waals surface area contributed by atoms with Crippen molar-refractivity contribution in [3.8, 4) is 0 Å². The van der Waals surface area contributed by atoms with Gasteiger partial charge in [0.1, 0.15) is 0 Å². The number of rotatable bonds is 9. The van der Waals surface area contributed by atoms with E-state index in [0.29, 0.717) is 12.2 Å². The summed E-state index contributed by atoms with van der Waals surface area (Å²) in [6, 6.07) is 6.25. The maximum absolute atomic E-state index is 12.5. The van der Waals surface area contributed by atoms with Gasteiger partial charge in [-0.2, -0.15) is 4.31 Å². The second kappa shape index (κ2) is 8.24. The Morgan fingerprint density at radius 1 is 1.20 bits per heavy atom. The minimum atomic E-state index is -3.58. The van der Waals surface area contributed by atoms with E-state index >= 15 is 0 Å².